The van der Waals surface area contributed by atoms with Crippen LogP contribution in [0.25, 0.3) is 9.75 Å². The first-order valence-corrected chi connectivity index (χ1v) is 6.82. The van der Waals surface area contributed by atoms with Crippen LogP contribution in [0.4, 0.5) is 0 Å². The molecule has 0 spiro atoms. The van der Waals surface area contributed by atoms with Gasteiger partial charge in [0.1, 0.15) is 9.98 Å². The lowest BCUT2D eigenvalue weighted by atomic mass is 10.3. The maximum absolute atomic E-state index is 5.56. The van der Waals surface area contributed by atoms with Gasteiger partial charge in [-0.3, -0.25) is 0 Å². The molecule has 0 radical (unpaired) electrons. The Morgan fingerprint density at radius 2 is 1.19 bits per heavy atom. The highest BCUT2D eigenvalue weighted by Crippen LogP contribution is 2.33. The molecule has 82 valence electrons. The van der Waals surface area contributed by atoms with Gasteiger partial charge in [-0.1, -0.05) is 24.4 Å². The van der Waals surface area contributed by atoms with E-state index >= 15 is 0 Å². The van der Waals surface area contributed by atoms with Crippen molar-refractivity contribution in [1.82, 2.24) is 0 Å². The van der Waals surface area contributed by atoms with Crippen LogP contribution in [0, 0.1) is 0 Å². The summed E-state index contributed by atoms with van der Waals surface area (Å²) in [4.78, 5) is 4.99. The largest absolute Gasteiger partial charge is 0.389 e. The lowest BCUT2D eigenvalue weighted by Crippen LogP contribution is -2.06. The van der Waals surface area contributed by atoms with Gasteiger partial charge in [0.05, 0.1) is 9.75 Å². The third kappa shape index (κ3) is 2.30. The first-order valence-electron chi connectivity index (χ1n) is 4.37. The fraction of sp³-hybridized carbons (Fsp3) is 0. The molecule has 0 saturated carbocycles. The van der Waals surface area contributed by atoms with Gasteiger partial charge in [0, 0.05) is 9.75 Å². The molecule has 4 N–H and O–H groups in total. The fourth-order valence-electron chi connectivity index (χ4n) is 1.21. The fourth-order valence-corrected chi connectivity index (χ4v) is 3.40. The van der Waals surface area contributed by atoms with Gasteiger partial charge in [0.15, 0.2) is 0 Å². The zero-order valence-electron chi connectivity index (χ0n) is 8.10. The summed E-state index contributed by atoms with van der Waals surface area (Å²) in [5, 5.41) is 0. The quantitative estimate of drug-likeness (QED) is 0.851. The predicted molar refractivity (Wildman–Crippen MR) is 79.4 cm³/mol. The van der Waals surface area contributed by atoms with Crippen molar-refractivity contribution < 1.29 is 0 Å². The van der Waals surface area contributed by atoms with Crippen molar-refractivity contribution in [2.75, 3.05) is 0 Å². The van der Waals surface area contributed by atoms with Crippen LogP contribution in [0.5, 0.6) is 0 Å². The van der Waals surface area contributed by atoms with Crippen LogP contribution in [0.2, 0.25) is 0 Å². The van der Waals surface area contributed by atoms with E-state index in [1.54, 1.807) is 22.7 Å². The highest BCUT2D eigenvalue weighted by atomic mass is 32.1. The SMILES string of the molecule is NC(=S)c1ccc(-c2ccc(C(N)=S)s2)s1. The molecule has 0 saturated heterocycles. The highest BCUT2D eigenvalue weighted by molar-refractivity contribution is 7.81. The van der Waals surface area contributed by atoms with Crippen molar-refractivity contribution in [2.24, 2.45) is 11.5 Å². The van der Waals surface area contributed by atoms with E-state index in [4.69, 9.17) is 35.9 Å². The Morgan fingerprint density at radius 3 is 1.44 bits per heavy atom. The molecule has 2 rings (SSSR count). The average molecular weight is 284 g/mol. The molecule has 0 amide bonds. The van der Waals surface area contributed by atoms with E-state index in [0.29, 0.717) is 9.98 Å². The Kier molecular flexibility index (Phi) is 3.34. The van der Waals surface area contributed by atoms with E-state index in [-0.39, 0.29) is 0 Å². The third-order valence-electron chi connectivity index (χ3n) is 1.94. The lowest BCUT2D eigenvalue weighted by molar-refractivity contribution is 1.78. The Hall–Kier alpha value is -0.820. The van der Waals surface area contributed by atoms with E-state index in [2.05, 4.69) is 0 Å². The molecule has 2 aromatic rings. The Balaban J connectivity index is 2.35. The average Bonchev–Trinajstić information content (AvgIpc) is 2.86. The summed E-state index contributed by atoms with van der Waals surface area (Å²) in [6.07, 6.45) is 0. The Morgan fingerprint density at radius 1 is 0.812 bits per heavy atom. The second kappa shape index (κ2) is 4.58. The van der Waals surface area contributed by atoms with Crippen molar-refractivity contribution in [3.05, 3.63) is 34.0 Å². The smallest absolute Gasteiger partial charge is 0.114 e. The number of rotatable bonds is 3. The molecule has 2 nitrogen and oxygen atoms in total. The van der Waals surface area contributed by atoms with Crippen molar-refractivity contribution in [2.45, 2.75) is 0 Å². The van der Waals surface area contributed by atoms with E-state index < -0.39 is 0 Å². The first kappa shape index (κ1) is 11.7. The van der Waals surface area contributed by atoms with Gasteiger partial charge in [0.2, 0.25) is 0 Å². The maximum atomic E-state index is 5.56. The standard InChI is InChI=1S/C10H8N2S4/c11-9(13)7-3-1-5(15-7)6-2-4-8(16-6)10(12)14/h1-4H,(H2,11,13)(H2,12,14). The molecule has 6 heteroatoms. The Labute approximate surface area is 112 Å². The number of hydrogen-bond acceptors (Lipinski definition) is 4. The van der Waals surface area contributed by atoms with Crippen LogP contribution < -0.4 is 11.5 Å². The van der Waals surface area contributed by atoms with Gasteiger partial charge >= 0.3 is 0 Å². The summed E-state index contributed by atoms with van der Waals surface area (Å²) in [6, 6.07) is 7.88. The first-order chi connectivity index (χ1) is 7.58. The Bertz CT molecular complexity index is 502. The van der Waals surface area contributed by atoms with Crippen molar-refractivity contribution in [3.8, 4) is 9.75 Å². The van der Waals surface area contributed by atoms with E-state index in [9.17, 15) is 0 Å². The lowest BCUT2D eigenvalue weighted by Gasteiger charge is -1.91. The zero-order valence-corrected chi connectivity index (χ0v) is 11.4. The molecule has 0 bridgehead atoms. The molecule has 0 aliphatic carbocycles. The molecule has 0 atom stereocenters. The third-order valence-corrected chi connectivity index (χ3v) is 5.07. The van der Waals surface area contributed by atoms with Gasteiger partial charge < -0.3 is 11.5 Å². The number of hydrogen-bond donors (Lipinski definition) is 2. The van der Waals surface area contributed by atoms with Crippen molar-refractivity contribution in [1.29, 1.82) is 0 Å². The molecule has 0 aliphatic rings. The highest BCUT2D eigenvalue weighted by Gasteiger charge is 2.08. The van der Waals surface area contributed by atoms with E-state index in [1.807, 2.05) is 24.3 Å². The topological polar surface area (TPSA) is 52.0 Å². The summed E-state index contributed by atoms with van der Waals surface area (Å²) in [5.74, 6) is 0. The molecule has 2 aromatic heterocycles. The molecule has 0 aromatic carbocycles. The van der Waals surface area contributed by atoms with Crippen LogP contribution in [0.15, 0.2) is 24.3 Å². The number of thiocarbonyl (C=S) groups is 2. The van der Waals surface area contributed by atoms with Crippen LogP contribution in [0.1, 0.15) is 9.75 Å². The zero-order chi connectivity index (χ0) is 11.7. The summed E-state index contributed by atoms with van der Waals surface area (Å²) >= 11 is 13.0. The van der Waals surface area contributed by atoms with Gasteiger partial charge in [-0.05, 0) is 24.3 Å². The molecule has 0 fully saturated rings. The second-order valence-corrected chi connectivity index (χ2v) is 6.10. The van der Waals surface area contributed by atoms with Gasteiger partial charge in [-0.15, -0.1) is 22.7 Å². The molecular formula is C10H8N2S4. The van der Waals surface area contributed by atoms with Gasteiger partial charge in [-0.25, -0.2) is 0 Å². The van der Waals surface area contributed by atoms with Crippen molar-refractivity contribution in [3.63, 3.8) is 0 Å². The summed E-state index contributed by atoms with van der Waals surface area (Å²) in [5.41, 5.74) is 11.1. The maximum Gasteiger partial charge on any atom is 0.114 e. The second-order valence-electron chi connectivity index (χ2n) is 3.06. The van der Waals surface area contributed by atoms with E-state index in [0.717, 1.165) is 19.5 Å². The van der Waals surface area contributed by atoms with Crippen LogP contribution in [-0.2, 0) is 0 Å². The summed E-state index contributed by atoms with van der Waals surface area (Å²) < 4.78 is 0. The summed E-state index contributed by atoms with van der Waals surface area (Å²) in [6.45, 7) is 0. The molecule has 2 heterocycles. The van der Waals surface area contributed by atoms with Gasteiger partial charge in [-0.2, -0.15) is 0 Å². The number of thiophene rings is 2. The molecule has 0 unspecified atom stereocenters. The predicted octanol–water partition coefficient (Wildman–Crippen LogP) is 2.75. The van der Waals surface area contributed by atoms with Crippen LogP contribution >= 0.6 is 47.1 Å². The molecular weight excluding hydrogens is 276 g/mol. The molecule has 16 heavy (non-hydrogen) atoms. The van der Waals surface area contributed by atoms with Crippen molar-refractivity contribution >= 4 is 57.1 Å². The summed E-state index contributed by atoms with van der Waals surface area (Å²) in [7, 11) is 0. The van der Waals surface area contributed by atoms with E-state index in [1.165, 1.54) is 0 Å². The van der Waals surface area contributed by atoms with Crippen LogP contribution in [-0.4, -0.2) is 9.98 Å². The minimum atomic E-state index is 0.433. The number of nitrogens with two attached hydrogens (primary N) is 2. The molecule has 0 aliphatic heterocycles. The minimum absolute atomic E-state index is 0.433. The monoisotopic (exact) mass is 284 g/mol. The minimum Gasteiger partial charge on any atom is -0.389 e. The van der Waals surface area contributed by atoms with Gasteiger partial charge in [0.25, 0.3) is 0 Å². The van der Waals surface area contributed by atoms with Crippen LogP contribution in [0.3, 0.4) is 0 Å². The normalized spacial score (nSPS) is 10.2.